The standard InChI is InChI=1S/C15H22ClN3O/c1-11(2)18(3)7-8-19-14(20)10-17-15(19)12-5-4-6-13(16)9-12/h4-6,9,11,15,17H,7-8,10H2,1-3H3. The lowest BCUT2D eigenvalue weighted by molar-refractivity contribution is -0.128. The van der Waals surface area contributed by atoms with Gasteiger partial charge in [0.15, 0.2) is 0 Å². The second kappa shape index (κ2) is 6.57. The van der Waals surface area contributed by atoms with E-state index < -0.39 is 0 Å². The van der Waals surface area contributed by atoms with Crippen LogP contribution in [0.3, 0.4) is 0 Å². The van der Waals surface area contributed by atoms with Crippen LogP contribution in [0.2, 0.25) is 5.02 Å². The van der Waals surface area contributed by atoms with E-state index in [1.165, 1.54) is 0 Å². The molecule has 2 rings (SSSR count). The lowest BCUT2D eigenvalue weighted by atomic mass is 10.1. The van der Waals surface area contributed by atoms with E-state index in [0.29, 0.717) is 17.6 Å². The summed E-state index contributed by atoms with van der Waals surface area (Å²) in [5.74, 6) is 0.145. The van der Waals surface area contributed by atoms with Gasteiger partial charge in [-0.3, -0.25) is 10.1 Å². The molecular weight excluding hydrogens is 274 g/mol. The van der Waals surface area contributed by atoms with Crippen molar-refractivity contribution in [3.8, 4) is 0 Å². The van der Waals surface area contributed by atoms with Gasteiger partial charge in [0.25, 0.3) is 0 Å². The van der Waals surface area contributed by atoms with Gasteiger partial charge in [0.1, 0.15) is 6.17 Å². The molecule has 1 aliphatic heterocycles. The van der Waals surface area contributed by atoms with Gasteiger partial charge in [0, 0.05) is 24.2 Å². The minimum Gasteiger partial charge on any atom is -0.321 e. The number of rotatable bonds is 5. The predicted octanol–water partition coefficient (Wildman–Crippen LogP) is 2.11. The molecular formula is C15H22ClN3O. The molecule has 1 amide bonds. The van der Waals surface area contributed by atoms with Crippen LogP contribution in [0.4, 0.5) is 0 Å². The van der Waals surface area contributed by atoms with Crippen molar-refractivity contribution >= 4 is 17.5 Å². The van der Waals surface area contributed by atoms with Gasteiger partial charge in [-0.2, -0.15) is 0 Å². The number of nitrogens with one attached hydrogen (secondary N) is 1. The first-order valence-corrected chi connectivity index (χ1v) is 7.35. The van der Waals surface area contributed by atoms with Gasteiger partial charge >= 0.3 is 0 Å². The van der Waals surface area contributed by atoms with Crippen LogP contribution in [0, 0.1) is 0 Å². The second-order valence-electron chi connectivity index (χ2n) is 5.50. The van der Waals surface area contributed by atoms with Crippen LogP contribution in [0.5, 0.6) is 0 Å². The van der Waals surface area contributed by atoms with Crippen molar-refractivity contribution in [1.82, 2.24) is 15.1 Å². The molecule has 0 spiro atoms. The average molecular weight is 296 g/mol. The van der Waals surface area contributed by atoms with Crippen LogP contribution in [-0.4, -0.2) is 48.4 Å². The molecule has 1 saturated heterocycles. The van der Waals surface area contributed by atoms with Crippen molar-refractivity contribution in [1.29, 1.82) is 0 Å². The SMILES string of the molecule is CC(C)N(C)CCN1C(=O)CNC1c1cccc(Cl)c1. The van der Waals surface area contributed by atoms with E-state index in [1.54, 1.807) is 0 Å². The van der Waals surface area contributed by atoms with Crippen molar-refractivity contribution in [2.75, 3.05) is 26.7 Å². The van der Waals surface area contributed by atoms with Gasteiger partial charge in [-0.15, -0.1) is 0 Å². The molecule has 20 heavy (non-hydrogen) atoms. The normalized spacial score (nSPS) is 19.4. The van der Waals surface area contributed by atoms with Gasteiger partial charge < -0.3 is 9.80 Å². The Morgan fingerprint density at radius 2 is 2.25 bits per heavy atom. The zero-order chi connectivity index (χ0) is 14.7. The Hall–Kier alpha value is -1.10. The van der Waals surface area contributed by atoms with E-state index >= 15 is 0 Å². The van der Waals surface area contributed by atoms with E-state index in [1.807, 2.05) is 29.2 Å². The predicted molar refractivity (Wildman–Crippen MR) is 81.7 cm³/mol. The van der Waals surface area contributed by atoms with Gasteiger partial charge in [-0.05, 0) is 38.6 Å². The maximum atomic E-state index is 12.0. The number of nitrogens with zero attached hydrogens (tertiary/aromatic N) is 2. The van der Waals surface area contributed by atoms with Crippen LogP contribution in [0.1, 0.15) is 25.6 Å². The Balaban J connectivity index is 2.07. The number of amides is 1. The van der Waals surface area contributed by atoms with Crippen LogP contribution in [-0.2, 0) is 4.79 Å². The zero-order valence-electron chi connectivity index (χ0n) is 12.3. The summed E-state index contributed by atoms with van der Waals surface area (Å²) < 4.78 is 0. The first-order chi connectivity index (χ1) is 9.49. The van der Waals surface area contributed by atoms with Gasteiger partial charge in [0.2, 0.25) is 5.91 Å². The quantitative estimate of drug-likeness (QED) is 0.904. The molecule has 5 heteroatoms. The molecule has 1 atom stereocenters. The van der Waals surface area contributed by atoms with Crippen molar-refractivity contribution in [3.63, 3.8) is 0 Å². The Kier molecular flexibility index (Phi) is 5.02. The molecule has 4 nitrogen and oxygen atoms in total. The Morgan fingerprint density at radius 3 is 2.90 bits per heavy atom. The molecule has 110 valence electrons. The van der Waals surface area contributed by atoms with E-state index in [0.717, 1.165) is 18.7 Å². The summed E-state index contributed by atoms with van der Waals surface area (Å²) in [5.41, 5.74) is 1.04. The maximum absolute atomic E-state index is 12.0. The van der Waals surface area contributed by atoms with Crippen LogP contribution in [0.25, 0.3) is 0 Å². The molecule has 1 unspecified atom stereocenters. The molecule has 0 aromatic heterocycles. The molecule has 1 aromatic rings. The van der Waals surface area contributed by atoms with E-state index in [-0.39, 0.29) is 12.1 Å². The number of halogens is 1. The van der Waals surface area contributed by atoms with E-state index in [9.17, 15) is 4.79 Å². The number of carbonyl (C=O) groups excluding carboxylic acids is 1. The largest absolute Gasteiger partial charge is 0.321 e. The average Bonchev–Trinajstić information content (AvgIpc) is 2.77. The monoisotopic (exact) mass is 295 g/mol. The van der Waals surface area contributed by atoms with Crippen molar-refractivity contribution in [2.24, 2.45) is 0 Å². The molecule has 1 aliphatic rings. The summed E-state index contributed by atoms with van der Waals surface area (Å²) >= 11 is 6.04. The summed E-state index contributed by atoms with van der Waals surface area (Å²) in [6, 6.07) is 8.16. The Bertz CT molecular complexity index is 478. The fraction of sp³-hybridized carbons (Fsp3) is 0.533. The van der Waals surface area contributed by atoms with E-state index in [4.69, 9.17) is 11.6 Å². The minimum absolute atomic E-state index is 0.0678. The molecule has 1 aromatic carbocycles. The number of carbonyl (C=O) groups is 1. The summed E-state index contributed by atoms with van der Waals surface area (Å²) in [6.07, 6.45) is -0.0678. The fourth-order valence-corrected chi connectivity index (χ4v) is 2.49. The minimum atomic E-state index is -0.0678. The smallest absolute Gasteiger partial charge is 0.238 e. The highest BCUT2D eigenvalue weighted by Gasteiger charge is 2.31. The van der Waals surface area contributed by atoms with Crippen molar-refractivity contribution < 1.29 is 4.79 Å². The van der Waals surface area contributed by atoms with Gasteiger partial charge in [-0.25, -0.2) is 0 Å². The lowest BCUT2D eigenvalue weighted by Crippen LogP contribution is -2.39. The van der Waals surface area contributed by atoms with Crippen LogP contribution >= 0.6 is 11.6 Å². The first-order valence-electron chi connectivity index (χ1n) is 6.97. The number of benzene rings is 1. The van der Waals surface area contributed by atoms with Gasteiger partial charge in [0.05, 0.1) is 6.54 Å². The lowest BCUT2D eigenvalue weighted by Gasteiger charge is -2.28. The van der Waals surface area contributed by atoms with E-state index in [2.05, 4.69) is 31.1 Å². The number of likely N-dealkylation sites (N-methyl/N-ethyl adjacent to an activating group) is 1. The molecule has 1 fully saturated rings. The molecule has 0 radical (unpaired) electrons. The molecule has 1 heterocycles. The van der Waals surface area contributed by atoms with Gasteiger partial charge in [-0.1, -0.05) is 23.7 Å². The highest BCUT2D eigenvalue weighted by Crippen LogP contribution is 2.24. The highest BCUT2D eigenvalue weighted by molar-refractivity contribution is 6.30. The number of hydrogen-bond donors (Lipinski definition) is 1. The third-order valence-electron chi connectivity index (χ3n) is 3.82. The zero-order valence-corrected chi connectivity index (χ0v) is 13.0. The Morgan fingerprint density at radius 1 is 1.50 bits per heavy atom. The summed E-state index contributed by atoms with van der Waals surface area (Å²) in [5, 5.41) is 3.95. The first kappa shape index (κ1) is 15.3. The second-order valence-corrected chi connectivity index (χ2v) is 5.94. The molecule has 1 N–H and O–H groups in total. The molecule has 0 aliphatic carbocycles. The van der Waals surface area contributed by atoms with Crippen LogP contribution < -0.4 is 5.32 Å². The topological polar surface area (TPSA) is 35.6 Å². The highest BCUT2D eigenvalue weighted by atomic mass is 35.5. The maximum Gasteiger partial charge on any atom is 0.238 e. The van der Waals surface area contributed by atoms with Crippen LogP contribution in [0.15, 0.2) is 24.3 Å². The molecule has 0 bridgehead atoms. The van der Waals surface area contributed by atoms with Crippen molar-refractivity contribution in [3.05, 3.63) is 34.9 Å². The molecule has 0 saturated carbocycles. The fourth-order valence-electron chi connectivity index (χ4n) is 2.29. The van der Waals surface area contributed by atoms with Crippen molar-refractivity contribution in [2.45, 2.75) is 26.1 Å². The Labute approximate surface area is 125 Å². The third-order valence-corrected chi connectivity index (χ3v) is 4.05. The summed E-state index contributed by atoms with van der Waals surface area (Å²) in [7, 11) is 2.08. The third kappa shape index (κ3) is 3.51. The summed E-state index contributed by atoms with van der Waals surface area (Å²) in [4.78, 5) is 16.2. The summed E-state index contributed by atoms with van der Waals surface area (Å²) in [6.45, 7) is 6.28. The number of hydrogen-bond acceptors (Lipinski definition) is 3.